The molecule has 7 heteroatoms. The number of nitrogens with zero attached hydrogens (tertiary/aromatic N) is 3. The van der Waals surface area contributed by atoms with E-state index in [4.69, 9.17) is 10.5 Å². The van der Waals surface area contributed by atoms with Gasteiger partial charge in [-0.1, -0.05) is 0 Å². The summed E-state index contributed by atoms with van der Waals surface area (Å²) in [6.07, 6.45) is 3.85. The van der Waals surface area contributed by atoms with Crippen molar-refractivity contribution in [3.05, 3.63) is 30.5 Å². The van der Waals surface area contributed by atoms with Gasteiger partial charge in [-0.2, -0.15) is 0 Å². The number of hydrogen-bond acceptors (Lipinski definition) is 5. The molecule has 0 bridgehead atoms. The zero-order valence-electron chi connectivity index (χ0n) is 15.4. The topological polar surface area (TPSA) is 88.8 Å². The highest BCUT2D eigenvalue weighted by atomic mass is 16.5. The molecule has 1 aromatic heterocycles. The van der Waals surface area contributed by atoms with Crippen LogP contribution in [0.1, 0.15) is 19.3 Å². The summed E-state index contributed by atoms with van der Waals surface area (Å²) in [7, 11) is 1.66. The summed E-state index contributed by atoms with van der Waals surface area (Å²) in [5, 5.41) is 1.07. The number of likely N-dealkylation sites (tertiary alicyclic amines) is 1. The molecule has 0 spiro atoms. The van der Waals surface area contributed by atoms with Crippen LogP contribution >= 0.6 is 0 Å². The fraction of sp³-hybridized carbons (Fsp3) is 0.450. The number of ether oxygens (including phenoxy) is 1. The standard InChI is InChI=1S/C20H24N4O3/c1-27-15-2-3-17-16(11-15)18(4-7-22-17)23-8-5-14(6-9-23)24-12-13(20(21)26)10-19(24)25/h2-4,7,11,13-14H,5-6,8-10,12H2,1H3,(H2,21,26). The Morgan fingerprint density at radius 1 is 1.26 bits per heavy atom. The van der Waals surface area contributed by atoms with Crippen molar-refractivity contribution in [1.29, 1.82) is 0 Å². The van der Waals surface area contributed by atoms with Gasteiger partial charge in [0.1, 0.15) is 5.75 Å². The van der Waals surface area contributed by atoms with Crippen molar-refractivity contribution >= 4 is 28.4 Å². The van der Waals surface area contributed by atoms with Crippen LogP contribution in [-0.2, 0) is 9.59 Å². The van der Waals surface area contributed by atoms with Gasteiger partial charge >= 0.3 is 0 Å². The zero-order valence-corrected chi connectivity index (χ0v) is 15.4. The minimum atomic E-state index is -0.375. The fourth-order valence-electron chi connectivity index (χ4n) is 4.21. The molecule has 3 heterocycles. The number of piperidine rings is 1. The maximum atomic E-state index is 12.3. The summed E-state index contributed by atoms with van der Waals surface area (Å²) in [6.45, 7) is 2.17. The molecule has 142 valence electrons. The minimum Gasteiger partial charge on any atom is -0.497 e. The number of carbonyl (C=O) groups is 2. The van der Waals surface area contributed by atoms with E-state index in [1.165, 1.54) is 0 Å². The first-order valence-electron chi connectivity index (χ1n) is 9.33. The first-order valence-corrected chi connectivity index (χ1v) is 9.33. The van der Waals surface area contributed by atoms with Gasteiger partial charge in [0.15, 0.2) is 0 Å². The lowest BCUT2D eigenvalue weighted by atomic mass is 10.0. The average molecular weight is 368 g/mol. The van der Waals surface area contributed by atoms with Gasteiger partial charge in [-0.15, -0.1) is 0 Å². The molecule has 2 N–H and O–H groups in total. The summed E-state index contributed by atoms with van der Waals surface area (Å²) in [5.74, 6) is 0.149. The van der Waals surface area contributed by atoms with Crippen LogP contribution < -0.4 is 15.4 Å². The number of rotatable bonds is 4. The predicted octanol–water partition coefficient (Wildman–Crippen LogP) is 1.55. The number of amides is 2. The number of anilines is 1. The molecule has 7 nitrogen and oxygen atoms in total. The van der Waals surface area contributed by atoms with E-state index in [-0.39, 0.29) is 30.2 Å². The van der Waals surface area contributed by atoms with Crippen LogP contribution in [0, 0.1) is 5.92 Å². The normalized spacial score (nSPS) is 21.1. The summed E-state index contributed by atoms with van der Waals surface area (Å²) in [5.41, 5.74) is 7.46. The van der Waals surface area contributed by atoms with Crippen molar-refractivity contribution in [2.45, 2.75) is 25.3 Å². The largest absolute Gasteiger partial charge is 0.497 e. The molecule has 1 aromatic carbocycles. The van der Waals surface area contributed by atoms with Gasteiger partial charge in [-0.05, 0) is 37.1 Å². The predicted molar refractivity (Wildman–Crippen MR) is 103 cm³/mol. The van der Waals surface area contributed by atoms with E-state index in [0.717, 1.165) is 48.3 Å². The lowest BCUT2D eigenvalue weighted by Crippen LogP contribution is -2.46. The van der Waals surface area contributed by atoms with Gasteiger partial charge in [0.25, 0.3) is 0 Å². The second-order valence-electron chi connectivity index (χ2n) is 7.28. The van der Waals surface area contributed by atoms with Gasteiger partial charge in [0.2, 0.25) is 11.8 Å². The van der Waals surface area contributed by atoms with E-state index in [1.807, 2.05) is 35.4 Å². The third kappa shape index (κ3) is 3.29. The SMILES string of the molecule is COc1ccc2nccc(N3CCC(N4CC(C(N)=O)CC4=O)CC3)c2c1. The molecular weight excluding hydrogens is 344 g/mol. The molecule has 2 aromatic rings. The molecule has 2 aliphatic heterocycles. The Kier molecular flexibility index (Phi) is 4.59. The van der Waals surface area contributed by atoms with E-state index in [1.54, 1.807) is 7.11 Å². The Morgan fingerprint density at radius 3 is 2.70 bits per heavy atom. The number of hydrogen-bond donors (Lipinski definition) is 1. The van der Waals surface area contributed by atoms with E-state index in [9.17, 15) is 9.59 Å². The monoisotopic (exact) mass is 368 g/mol. The van der Waals surface area contributed by atoms with Crippen LogP contribution in [0.3, 0.4) is 0 Å². The number of fused-ring (bicyclic) bond motifs is 1. The van der Waals surface area contributed by atoms with Crippen molar-refractivity contribution in [3.63, 3.8) is 0 Å². The maximum absolute atomic E-state index is 12.3. The Balaban J connectivity index is 1.49. The van der Waals surface area contributed by atoms with Crippen molar-refractivity contribution in [2.75, 3.05) is 31.6 Å². The first-order chi connectivity index (χ1) is 13.1. The summed E-state index contributed by atoms with van der Waals surface area (Å²) >= 11 is 0. The molecule has 1 unspecified atom stereocenters. The third-order valence-corrected chi connectivity index (χ3v) is 5.73. The highest BCUT2D eigenvalue weighted by Gasteiger charge is 2.38. The molecule has 2 aliphatic rings. The van der Waals surface area contributed by atoms with Crippen LogP contribution in [-0.4, -0.2) is 54.5 Å². The molecule has 1 atom stereocenters. The second kappa shape index (κ2) is 7.06. The minimum absolute atomic E-state index is 0.0522. The maximum Gasteiger partial charge on any atom is 0.223 e. The number of aromatic nitrogens is 1. The number of methoxy groups -OCH3 is 1. The molecule has 2 amide bonds. The average Bonchev–Trinajstić information content (AvgIpc) is 3.09. The Hall–Kier alpha value is -2.83. The molecule has 27 heavy (non-hydrogen) atoms. The van der Waals surface area contributed by atoms with Gasteiger partial charge in [0, 0.05) is 49.4 Å². The van der Waals surface area contributed by atoms with Crippen LogP contribution in [0.4, 0.5) is 5.69 Å². The van der Waals surface area contributed by atoms with Gasteiger partial charge in [0.05, 0.1) is 18.5 Å². The highest BCUT2D eigenvalue weighted by Crippen LogP contribution is 2.32. The second-order valence-corrected chi connectivity index (χ2v) is 7.28. The quantitative estimate of drug-likeness (QED) is 0.884. The Labute approximate surface area is 158 Å². The zero-order chi connectivity index (χ0) is 19.0. The van der Waals surface area contributed by atoms with E-state index in [2.05, 4.69) is 9.88 Å². The molecule has 4 rings (SSSR count). The van der Waals surface area contributed by atoms with Crippen molar-refractivity contribution in [2.24, 2.45) is 11.7 Å². The highest BCUT2D eigenvalue weighted by molar-refractivity contribution is 5.92. The molecule has 0 aliphatic carbocycles. The van der Waals surface area contributed by atoms with E-state index < -0.39 is 0 Å². The molecule has 0 radical (unpaired) electrons. The van der Waals surface area contributed by atoms with Crippen LogP contribution in [0.2, 0.25) is 0 Å². The summed E-state index contributed by atoms with van der Waals surface area (Å²) in [6, 6.07) is 8.12. The number of primary amides is 1. The lowest BCUT2D eigenvalue weighted by Gasteiger charge is -2.38. The lowest BCUT2D eigenvalue weighted by molar-refractivity contribution is -0.130. The van der Waals surface area contributed by atoms with Gasteiger partial charge < -0.3 is 20.3 Å². The van der Waals surface area contributed by atoms with Gasteiger partial charge in [-0.3, -0.25) is 14.6 Å². The van der Waals surface area contributed by atoms with Crippen LogP contribution in [0.15, 0.2) is 30.5 Å². The number of benzene rings is 1. The smallest absolute Gasteiger partial charge is 0.223 e. The molecule has 2 saturated heterocycles. The van der Waals surface area contributed by atoms with Crippen molar-refractivity contribution in [3.8, 4) is 5.75 Å². The van der Waals surface area contributed by atoms with E-state index in [0.29, 0.717) is 6.54 Å². The van der Waals surface area contributed by atoms with Crippen molar-refractivity contribution in [1.82, 2.24) is 9.88 Å². The number of pyridine rings is 1. The van der Waals surface area contributed by atoms with Crippen LogP contribution in [0.5, 0.6) is 5.75 Å². The molecule has 2 fully saturated rings. The van der Waals surface area contributed by atoms with Gasteiger partial charge in [-0.25, -0.2) is 0 Å². The summed E-state index contributed by atoms with van der Waals surface area (Å²) < 4.78 is 5.36. The molecular formula is C20H24N4O3. The number of carbonyl (C=O) groups excluding carboxylic acids is 2. The van der Waals surface area contributed by atoms with Crippen LogP contribution in [0.25, 0.3) is 10.9 Å². The Bertz CT molecular complexity index is 877. The van der Waals surface area contributed by atoms with E-state index >= 15 is 0 Å². The number of nitrogens with two attached hydrogens (primary N) is 1. The fourth-order valence-corrected chi connectivity index (χ4v) is 4.21. The third-order valence-electron chi connectivity index (χ3n) is 5.73. The summed E-state index contributed by atoms with van der Waals surface area (Å²) in [4.78, 5) is 32.3. The molecule has 0 saturated carbocycles. The van der Waals surface area contributed by atoms with Crippen molar-refractivity contribution < 1.29 is 14.3 Å². The Morgan fingerprint density at radius 2 is 2.04 bits per heavy atom. The first kappa shape index (κ1) is 17.6.